The number of halogens is 2. The third-order valence-electron chi connectivity index (χ3n) is 1.76. The molecule has 82 valence electrons. The van der Waals surface area contributed by atoms with E-state index in [-0.39, 0.29) is 5.84 Å². The van der Waals surface area contributed by atoms with Gasteiger partial charge >= 0.3 is 0 Å². The molecule has 0 spiro atoms. The number of hydrogen-bond donors (Lipinski definition) is 3. The highest BCUT2D eigenvalue weighted by Crippen LogP contribution is 2.25. The molecule has 0 bridgehead atoms. The molecule has 6 heteroatoms. The lowest BCUT2D eigenvalue weighted by Crippen LogP contribution is -2.16. The van der Waals surface area contributed by atoms with Gasteiger partial charge in [0.2, 0.25) is 0 Å². The monoisotopic (exact) mass is 291 g/mol. The van der Waals surface area contributed by atoms with Crippen LogP contribution in [-0.4, -0.2) is 17.6 Å². The van der Waals surface area contributed by atoms with Crippen molar-refractivity contribution < 1.29 is 5.21 Å². The summed E-state index contributed by atoms with van der Waals surface area (Å²) in [6.07, 6.45) is 0.483. The Labute approximate surface area is 101 Å². The summed E-state index contributed by atoms with van der Waals surface area (Å²) in [5.41, 5.74) is 6.25. The Bertz CT molecular complexity index is 370. The molecule has 15 heavy (non-hydrogen) atoms. The van der Waals surface area contributed by atoms with Crippen LogP contribution in [0.1, 0.15) is 6.42 Å². The summed E-state index contributed by atoms with van der Waals surface area (Å²) >= 11 is 9.16. The van der Waals surface area contributed by atoms with E-state index in [9.17, 15) is 0 Å². The van der Waals surface area contributed by atoms with E-state index in [0.29, 0.717) is 18.0 Å². The van der Waals surface area contributed by atoms with Gasteiger partial charge in [0, 0.05) is 23.1 Å². The molecule has 1 aromatic carbocycles. The molecule has 1 aromatic rings. The highest BCUT2D eigenvalue weighted by molar-refractivity contribution is 9.10. The van der Waals surface area contributed by atoms with Crippen molar-refractivity contribution in [2.45, 2.75) is 6.42 Å². The molecular formula is C9H11BrClN3O. The van der Waals surface area contributed by atoms with Crippen LogP contribution in [0, 0.1) is 0 Å². The van der Waals surface area contributed by atoms with E-state index in [1.807, 2.05) is 12.1 Å². The van der Waals surface area contributed by atoms with Crippen LogP contribution >= 0.6 is 27.5 Å². The molecule has 0 aliphatic carbocycles. The minimum Gasteiger partial charge on any atom is -0.409 e. The van der Waals surface area contributed by atoms with Crippen molar-refractivity contribution in [3.63, 3.8) is 0 Å². The number of oxime groups is 1. The van der Waals surface area contributed by atoms with Crippen LogP contribution in [0.5, 0.6) is 0 Å². The Morgan fingerprint density at radius 2 is 2.33 bits per heavy atom. The molecule has 4 N–H and O–H groups in total. The lowest BCUT2D eigenvalue weighted by atomic mass is 10.3. The summed E-state index contributed by atoms with van der Waals surface area (Å²) in [6, 6.07) is 5.52. The SMILES string of the molecule is NC(CCNc1ccc(Cl)c(Br)c1)=NO. The van der Waals surface area contributed by atoms with Crippen LogP contribution in [0.2, 0.25) is 5.02 Å². The second-order valence-corrected chi connectivity index (χ2v) is 4.16. The zero-order valence-electron chi connectivity index (χ0n) is 7.87. The Morgan fingerprint density at radius 3 is 2.93 bits per heavy atom. The highest BCUT2D eigenvalue weighted by Gasteiger charge is 1.99. The average molecular weight is 293 g/mol. The van der Waals surface area contributed by atoms with Crippen molar-refractivity contribution in [2.24, 2.45) is 10.9 Å². The average Bonchev–Trinajstić information content (AvgIpc) is 2.23. The van der Waals surface area contributed by atoms with Gasteiger partial charge in [0.15, 0.2) is 0 Å². The number of rotatable bonds is 4. The molecule has 0 saturated heterocycles. The maximum Gasteiger partial charge on any atom is 0.140 e. The van der Waals surface area contributed by atoms with Gasteiger partial charge in [-0.2, -0.15) is 0 Å². The third kappa shape index (κ3) is 3.97. The number of benzene rings is 1. The molecular weight excluding hydrogens is 281 g/mol. The summed E-state index contributed by atoms with van der Waals surface area (Å²) < 4.78 is 0.831. The van der Waals surface area contributed by atoms with Gasteiger partial charge in [-0.25, -0.2) is 0 Å². The third-order valence-corrected chi connectivity index (χ3v) is 2.97. The largest absolute Gasteiger partial charge is 0.409 e. The van der Waals surface area contributed by atoms with Gasteiger partial charge in [0.1, 0.15) is 5.84 Å². The predicted molar refractivity (Wildman–Crippen MR) is 65.7 cm³/mol. The zero-order chi connectivity index (χ0) is 11.3. The predicted octanol–water partition coefficient (Wildman–Crippen LogP) is 2.65. The van der Waals surface area contributed by atoms with Gasteiger partial charge in [-0.05, 0) is 34.1 Å². The van der Waals surface area contributed by atoms with Crippen molar-refractivity contribution in [2.75, 3.05) is 11.9 Å². The summed E-state index contributed by atoms with van der Waals surface area (Å²) in [5, 5.41) is 15.0. The zero-order valence-corrected chi connectivity index (χ0v) is 10.2. The molecule has 0 aliphatic rings. The van der Waals surface area contributed by atoms with Crippen LogP contribution in [0.15, 0.2) is 27.8 Å². The molecule has 0 aromatic heterocycles. The standard InChI is InChI=1S/C9H11BrClN3O/c10-7-5-6(1-2-8(7)11)13-4-3-9(12)14-15/h1-2,5,13,15H,3-4H2,(H2,12,14). The second kappa shape index (κ2) is 5.82. The molecule has 0 radical (unpaired) electrons. The molecule has 0 heterocycles. The molecule has 0 amide bonds. The molecule has 0 aliphatic heterocycles. The minimum absolute atomic E-state index is 0.204. The fraction of sp³-hybridized carbons (Fsp3) is 0.222. The molecule has 4 nitrogen and oxygen atoms in total. The van der Waals surface area contributed by atoms with Gasteiger partial charge in [-0.3, -0.25) is 0 Å². The smallest absolute Gasteiger partial charge is 0.140 e. The van der Waals surface area contributed by atoms with E-state index in [4.69, 9.17) is 22.5 Å². The van der Waals surface area contributed by atoms with E-state index in [1.54, 1.807) is 6.07 Å². The Balaban J connectivity index is 2.48. The number of nitrogens with two attached hydrogens (primary N) is 1. The number of nitrogens with zero attached hydrogens (tertiary/aromatic N) is 1. The molecule has 1 rings (SSSR count). The van der Waals surface area contributed by atoms with Crippen molar-refractivity contribution in [1.29, 1.82) is 0 Å². The van der Waals surface area contributed by atoms with Crippen LogP contribution in [0.25, 0.3) is 0 Å². The summed E-state index contributed by atoms with van der Waals surface area (Å²) in [4.78, 5) is 0. The maximum absolute atomic E-state index is 8.32. The molecule has 0 unspecified atom stereocenters. The summed E-state index contributed by atoms with van der Waals surface area (Å²) in [5.74, 6) is 0.204. The van der Waals surface area contributed by atoms with Crippen molar-refractivity contribution in [3.8, 4) is 0 Å². The first-order valence-electron chi connectivity index (χ1n) is 4.29. The van der Waals surface area contributed by atoms with Gasteiger partial charge in [-0.1, -0.05) is 16.8 Å². The molecule has 0 atom stereocenters. The van der Waals surface area contributed by atoms with Gasteiger partial charge in [-0.15, -0.1) is 0 Å². The Kier molecular flexibility index (Phi) is 4.71. The van der Waals surface area contributed by atoms with Crippen LogP contribution < -0.4 is 11.1 Å². The van der Waals surface area contributed by atoms with Gasteiger partial charge in [0.05, 0.1) is 5.02 Å². The summed E-state index contributed by atoms with van der Waals surface area (Å²) in [6.45, 7) is 0.601. The highest BCUT2D eigenvalue weighted by atomic mass is 79.9. The van der Waals surface area contributed by atoms with Crippen LogP contribution in [0.3, 0.4) is 0 Å². The fourth-order valence-electron chi connectivity index (χ4n) is 0.991. The molecule has 0 fully saturated rings. The quantitative estimate of drug-likeness (QED) is 0.346. The number of amidine groups is 1. The van der Waals surface area contributed by atoms with Crippen molar-refractivity contribution >= 4 is 39.1 Å². The van der Waals surface area contributed by atoms with E-state index in [0.717, 1.165) is 10.2 Å². The second-order valence-electron chi connectivity index (χ2n) is 2.90. The normalized spacial score (nSPS) is 11.5. The number of anilines is 1. The van der Waals surface area contributed by atoms with Gasteiger partial charge < -0.3 is 16.3 Å². The first-order chi connectivity index (χ1) is 7.13. The van der Waals surface area contributed by atoms with Crippen LogP contribution in [-0.2, 0) is 0 Å². The molecule has 0 saturated carbocycles. The lowest BCUT2D eigenvalue weighted by molar-refractivity contribution is 0.317. The van der Waals surface area contributed by atoms with E-state index >= 15 is 0 Å². The van der Waals surface area contributed by atoms with E-state index in [1.165, 1.54) is 0 Å². The topological polar surface area (TPSA) is 70.6 Å². The van der Waals surface area contributed by atoms with E-state index < -0.39 is 0 Å². The summed E-state index contributed by atoms with van der Waals surface area (Å²) in [7, 11) is 0. The lowest BCUT2D eigenvalue weighted by Gasteiger charge is -2.06. The van der Waals surface area contributed by atoms with Gasteiger partial charge in [0.25, 0.3) is 0 Å². The Morgan fingerprint density at radius 1 is 1.60 bits per heavy atom. The minimum atomic E-state index is 0.204. The first kappa shape index (κ1) is 12.1. The van der Waals surface area contributed by atoms with Crippen LogP contribution in [0.4, 0.5) is 5.69 Å². The number of hydrogen-bond acceptors (Lipinski definition) is 3. The fourth-order valence-corrected chi connectivity index (χ4v) is 1.49. The van der Waals surface area contributed by atoms with Crippen molar-refractivity contribution in [3.05, 3.63) is 27.7 Å². The first-order valence-corrected chi connectivity index (χ1v) is 5.46. The van der Waals surface area contributed by atoms with E-state index in [2.05, 4.69) is 26.4 Å². The maximum atomic E-state index is 8.32. The Hall–Kier alpha value is -0.940. The number of nitrogens with one attached hydrogen (secondary N) is 1. The van der Waals surface area contributed by atoms with Crippen molar-refractivity contribution in [1.82, 2.24) is 0 Å².